The summed E-state index contributed by atoms with van der Waals surface area (Å²) >= 11 is 0. The van der Waals surface area contributed by atoms with Gasteiger partial charge in [0.15, 0.2) is 0 Å². The van der Waals surface area contributed by atoms with Gasteiger partial charge in [-0.3, -0.25) is 0 Å². The molecule has 0 amide bonds. The zero-order chi connectivity index (χ0) is 9.02. The molecule has 0 fully saturated rings. The quantitative estimate of drug-likeness (QED) is 0.600. The molecule has 0 aliphatic carbocycles. The highest BCUT2D eigenvalue weighted by Gasteiger charge is 2.10. The van der Waals surface area contributed by atoms with Crippen LogP contribution in [0.4, 0.5) is 0 Å². The molecule has 0 aliphatic heterocycles. The van der Waals surface area contributed by atoms with Crippen LogP contribution in [-0.4, -0.2) is 10.9 Å². The number of rotatable bonds is 4. The van der Waals surface area contributed by atoms with Crippen LogP contribution in [-0.2, 0) is 0 Å². The Kier molecular flexibility index (Phi) is 3.94. The minimum absolute atomic E-state index is 0.461. The molecule has 1 nitrogen and oxygen atoms in total. The zero-order valence-corrected chi connectivity index (χ0v) is 8.09. The molecule has 0 unspecified atom stereocenters. The van der Waals surface area contributed by atoms with Crippen molar-refractivity contribution in [2.75, 3.05) is 0 Å². The van der Waals surface area contributed by atoms with Gasteiger partial charge in [0.25, 0.3) is 0 Å². The lowest BCUT2D eigenvalue weighted by Crippen LogP contribution is -2.26. The van der Waals surface area contributed by atoms with Gasteiger partial charge < -0.3 is 4.90 Å². The molecule has 1 heteroatoms. The lowest BCUT2D eigenvalue weighted by Gasteiger charge is -2.28. The van der Waals surface area contributed by atoms with Gasteiger partial charge in [-0.1, -0.05) is 27.0 Å². The van der Waals surface area contributed by atoms with Crippen LogP contribution in [0, 0.1) is 5.92 Å². The van der Waals surface area contributed by atoms with Crippen LogP contribution < -0.4 is 0 Å². The van der Waals surface area contributed by atoms with Crippen molar-refractivity contribution >= 4 is 0 Å². The summed E-state index contributed by atoms with van der Waals surface area (Å²) in [6.45, 7) is 16.3. The maximum atomic E-state index is 4.00. The molecule has 0 atom stereocenters. The fraction of sp³-hybridized carbons (Fsp3) is 0.600. The van der Waals surface area contributed by atoms with Crippen molar-refractivity contribution in [2.24, 2.45) is 5.92 Å². The summed E-state index contributed by atoms with van der Waals surface area (Å²) < 4.78 is 0. The minimum atomic E-state index is 0.461. The second kappa shape index (κ2) is 4.22. The van der Waals surface area contributed by atoms with Gasteiger partial charge >= 0.3 is 0 Å². The van der Waals surface area contributed by atoms with Crippen molar-refractivity contribution < 1.29 is 0 Å². The summed E-state index contributed by atoms with van der Waals surface area (Å²) in [7, 11) is 0. The number of hydrogen-bond donors (Lipinski definition) is 0. The van der Waals surface area contributed by atoms with E-state index in [0.717, 1.165) is 5.70 Å². The highest BCUT2D eigenvalue weighted by Crippen LogP contribution is 2.15. The maximum Gasteiger partial charge on any atom is 0.0276 e. The van der Waals surface area contributed by atoms with Crippen molar-refractivity contribution in [1.82, 2.24) is 4.90 Å². The summed E-state index contributed by atoms with van der Waals surface area (Å²) in [6, 6.07) is 0.461. The molecule has 0 saturated carbocycles. The fourth-order valence-electron chi connectivity index (χ4n) is 0.958. The molecule has 0 aliphatic rings. The molecule has 0 rings (SSSR count). The predicted octanol–water partition coefficient (Wildman–Crippen LogP) is 3.01. The van der Waals surface area contributed by atoms with Gasteiger partial charge in [0.1, 0.15) is 0 Å². The standard InChI is InChI=1S/C10H19N/c1-7-11(9(4)5)10(6)8(2)3/h7-9H,1,6H2,2-5H3. The summed E-state index contributed by atoms with van der Waals surface area (Å²) in [6.07, 6.45) is 1.84. The third-order valence-electron chi connectivity index (χ3n) is 1.75. The highest BCUT2D eigenvalue weighted by atomic mass is 15.1. The van der Waals surface area contributed by atoms with Crippen LogP contribution in [0.2, 0.25) is 0 Å². The summed E-state index contributed by atoms with van der Waals surface area (Å²) in [5.41, 5.74) is 1.13. The van der Waals surface area contributed by atoms with Crippen LogP contribution in [0.25, 0.3) is 0 Å². The molecule has 0 aromatic heterocycles. The van der Waals surface area contributed by atoms with E-state index in [1.54, 1.807) is 0 Å². The van der Waals surface area contributed by atoms with Gasteiger partial charge in [0.05, 0.1) is 0 Å². The van der Waals surface area contributed by atoms with Crippen LogP contribution in [0.15, 0.2) is 25.1 Å². The van der Waals surface area contributed by atoms with E-state index in [0.29, 0.717) is 12.0 Å². The Hall–Kier alpha value is -0.720. The maximum absolute atomic E-state index is 4.00. The Balaban J connectivity index is 4.26. The molecular formula is C10H19N. The second-order valence-electron chi connectivity index (χ2n) is 3.33. The largest absolute Gasteiger partial charge is 0.350 e. The SMILES string of the molecule is C=CN(C(=C)C(C)C)C(C)C. The number of allylic oxidation sites excluding steroid dienone is 1. The van der Waals surface area contributed by atoms with Gasteiger partial charge in [-0.15, -0.1) is 0 Å². The molecule has 0 aromatic carbocycles. The monoisotopic (exact) mass is 153 g/mol. The Morgan fingerprint density at radius 3 is 1.82 bits per heavy atom. The third-order valence-corrected chi connectivity index (χ3v) is 1.75. The van der Waals surface area contributed by atoms with E-state index in [1.807, 2.05) is 6.20 Å². The topological polar surface area (TPSA) is 3.24 Å². The van der Waals surface area contributed by atoms with Gasteiger partial charge in [0, 0.05) is 11.7 Å². The van der Waals surface area contributed by atoms with Crippen LogP contribution >= 0.6 is 0 Å². The molecule has 0 spiro atoms. The highest BCUT2D eigenvalue weighted by molar-refractivity contribution is 5.02. The molecule has 64 valence electrons. The first-order valence-corrected chi connectivity index (χ1v) is 4.10. The Bertz CT molecular complexity index is 145. The average Bonchev–Trinajstić information content (AvgIpc) is 1.88. The summed E-state index contributed by atoms with van der Waals surface area (Å²) in [5, 5.41) is 0. The Morgan fingerprint density at radius 2 is 1.73 bits per heavy atom. The van der Waals surface area contributed by atoms with Crippen molar-refractivity contribution in [3.05, 3.63) is 25.1 Å². The van der Waals surface area contributed by atoms with Gasteiger partial charge in [0.2, 0.25) is 0 Å². The number of hydrogen-bond acceptors (Lipinski definition) is 1. The van der Waals surface area contributed by atoms with Crippen molar-refractivity contribution in [1.29, 1.82) is 0 Å². The molecule has 11 heavy (non-hydrogen) atoms. The van der Waals surface area contributed by atoms with Gasteiger partial charge in [-0.2, -0.15) is 0 Å². The normalized spacial score (nSPS) is 10.4. The lowest BCUT2D eigenvalue weighted by molar-refractivity contribution is 0.351. The van der Waals surface area contributed by atoms with E-state index < -0.39 is 0 Å². The van der Waals surface area contributed by atoms with E-state index >= 15 is 0 Å². The van der Waals surface area contributed by atoms with Crippen LogP contribution in [0.3, 0.4) is 0 Å². The molecule has 0 aromatic rings. The van der Waals surface area contributed by atoms with Crippen molar-refractivity contribution in [3.63, 3.8) is 0 Å². The molecule has 0 N–H and O–H groups in total. The lowest BCUT2D eigenvalue weighted by atomic mass is 10.1. The minimum Gasteiger partial charge on any atom is -0.350 e. The van der Waals surface area contributed by atoms with Crippen molar-refractivity contribution in [2.45, 2.75) is 33.7 Å². The van der Waals surface area contributed by atoms with E-state index in [9.17, 15) is 0 Å². The summed E-state index contributed by atoms with van der Waals surface area (Å²) in [4.78, 5) is 2.10. The first-order chi connectivity index (χ1) is 5.00. The van der Waals surface area contributed by atoms with E-state index in [2.05, 4.69) is 45.8 Å². The smallest absolute Gasteiger partial charge is 0.0276 e. The third kappa shape index (κ3) is 2.79. The molecular weight excluding hydrogens is 134 g/mol. The first-order valence-electron chi connectivity index (χ1n) is 4.10. The molecule has 0 heterocycles. The van der Waals surface area contributed by atoms with Gasteiger partial charge in [-0.25, -0.2) is 0 Å². The van der Waals surface area contributed by atoms with Crippen LogP contribution in [0.5, 0.6) is 0 Å². The van der Waals surface area contributed by atoms with E-state index in [1.165, 1.54) is 0 Å². The first kappa shape index (κ1) is 10.3. The summed E-state index contributed by atoms with van der Waals surface area (Å²) in [5.74, 6) is 0.496. The van der Waals surface area contributed by atoms with E-state index in [-0.39, 0.29) is 0 Å². The van der Waals surface area contributed by atoms with E-state index in [4.69, 9.17) is 0 Å². The van der Waals surface area contributed by atoms with Crippen LogP contribution in [0.1, 0.15) is 27.7 Å². The Labute approximate surface area is 70.4 Å². The molecule has 0 bridgehead atoms. The second-order valence-corrected chi connectivity index (χ2v) is 3.33. The molecule has 0 saturated heterocycles. The Morgan fingerprint density at radius 1 is 1.27 bits per heavy atom. The van der Waals surface area contributed by atoms with Crippen molar-refractivity contribution in [3.8, 4) is 0 Å². The average molecular weight is 153 g/mol. The molecule has 0 radical (unpaired) electrons. The predicted molar refractivity (Wildman–Crippen MR) is 51.2 cm³/mol. The van der Waals surface area contributed by atoms with Gasteiger partial charge in [-0.05, 0) is 26.0 Å². The zero-order valence-electron chi connectivity index (χ0n) is 8.09. The fourth-order valence-corrected chi connectivity index (χ4v) is 0.958. The number of nitrogens with zero attached hydrogens (tertiary/aromatic N) is 1.